The number of aliphatic carboxylic acids is 1. The van der Waals surface area contributed by atoms with Crippen molar-refractivity contribution in [3.8, 4) is 0 Å². The maximum Gasteiger partial charge on any atom is 0.308 e. The SMILES string of the molecule is O=C(O)C1C2CCC(C2)C1NS(=O)(=O)c1cccc(Cl)c1. The molecule has 2 aliphatic carbocycles. The molecule has 0 saturated heterocycles. The Morgan fingerprint density at radius 3 is 2.67 bits per heavy atom. The molecule has 2 N–H and O–H groups in total. The summed E-state index contributed by atoms with van der Waals surface area (Å²) in [5.41, 5.74) is 0. The average Bonchev–Trinajstić information content (AvgIpc) is 2.98. The van der Waals surface area contributed by atoms with Gasteiger partial charge in [-0.15, -0.1) is 0 Å². The largest absolute Gasteiger partial charge is 0.481 e. The van der Waals surface area contributed by atoms with Crippen molar-refractivity contribution < 1.29 is 18.3 Å². The Kier molecular flexibility index (Phi) is 3.71. The molecule has 2 saturated carbocycles. The molecule has 0 amide bonds. The van der Waals surface area contributed by atoms with Gasteiger partial charge in [0.25, 0.3) is 0 Å². The van der Waals surface area contributed by atoms with Gasteiger partial charge in [-0.3, -0.25) is 4.79 Å². The topological polar surface area (TPSA) is 83.5 Å². The average molecular weight is 330 g/mol. The minimum absolute atomic E-state index is 0.0712. The summed E-state index contributed by atoms with van der Waals surface area (Å²) in [6.45, 7) is 0. The molecule has 0 radical (unpaired) electrons. The van der Waals surface area contributed by atoms with Crippen LogP contribution in [-0.4, -0.2) is 25.5 Å². The van der Waals surface area contributed by atoms with Gasteiger partial charge in [0.1, 0.15) is 0 Å². The molecule has 0 heterocycles. The lowest BCUT2D eigenvalue weighted by Crippen LogP contribution is -2.46. The number of rotatable bonds is 4. The van der Waals surface area contributed by atoms with E-state index >= 15 is 0 Å². The van der Waals surface area contributed by atoms with E-state index in [0.717, 1.165) is 19.3 Å². The van der Waals surface area contributed by atoms with Crippen LogP contribution in [-0.2, 0) is 14.8 Å². The normalized spacial score (nSPS) is 31.5. The predicted molar refractivity (Wildman–Crippen MR) is 77.5 cm³/mol. The summed E-state index contributed by atoms with van der Waals surface area (Å²) >= 11 is 5.82. The Bertz CT molecular complexity index is 675. The zero-order valence-electron chi connectivity index (χ0n) is 11.2. The first kappa shape index (κ1) is 14.8. The number of hydrogen-bond donors (Lipinski definition) is 2. The quantitative estimate of drug-likeness (QED) is 0.886. The van der Waals surface area contributed by atoms with Crippen LogP contribution in [0.4, 0.5) is 0 Å². The maximum atomic E-state index is 12.4. The van der Waals surface area contributed by atoms with Crippen LogP contribution in [0.3, 0.4) is 0 Å². The zero-order valence-corrected chi connectivity index (χ0v) is 12.8. The van der Waals surface area contributed by atoms with Crippen molar-refractivity contribution in [2.75, 3.05) is 0 Å². The second-order valence-electron chi connectivity index (χ2n) is 5.80. The lowest BCUT2D eigenvalue weighted by Gasteiger charge is -2.28. The Morgan fingerprint density at radius 1 is 1.29 bits per heavy atom. The van der Waals surface area contributed by atoms with E-state index in [9.17, 15) is 18.3 Å². The van der Waals surface area contributed by atoms with Crippen LogP contribution in [0.1, 0.15) is 19.3 Å². The van der Waals surface area contributed by atoms with E-state index in [1.54, 1.807) is 12.1 Å². The van der Waals surface area contributed by atoms with Gasteiger partial charge >= 0.3 is 5.97 Å². The van der Waals surface area contributed by atoms with Gasteiger partial charge in [0.05, 0.1) is 10.8 Å². The van der Waals surface area contributed by atoms with Gasteiger partial charge in [-0.25, -0.2) is 13.1 Å². The minimum Gasteiger partial charge on any atom is -0.481 e. The third-order valence-electron chi connectivity index (χ3n) is 4.60. The van der Waals surface area contributed by atoms with Gasteiger partial charge in [-0.1, -0.05) is 17.7 Å². The number of carbonyl (C=O) groups is 1. The molecule has 21 heavy (non-hydrogen) atoms. The Hall–Kier alpha value is -1.11. The van der Waals surface area contributed by atoms with E-state index in [2.05, 4.69) is 4.72 Å². The number of hydrogen-bond acceptors (Lipinski definition) is 3. The molecule has 4 atom stereocenters. The van der Waals surface area contributed by atoms with E-state index in [0.29, 0.717) is 5.02 Å². The minimum atomic E-state index is -3.75. The highest BCUT2D eigenvalue weighted by Gasteiger charge is 2.52. The molecule has 5 nitrogen and oxygen atoms in total. The van der Waals surface area contributed by atoms with Crippen LogP contribution in [0.5, 0.6) is 0 Å². The fourth-order valence-electron chi connectivity index (χ4n) is 3.70. The van der Waals surface area contributed by atoms with Gasteiger partial charge < -0.3 is 5.11 Å². The molecular formula is C14H16ClNO4S. The monoisotopic (exact) mass is 329 g/mol. The first-order valence-electron chi connectivity index (χ1n) is 6.89. The highest BCUT2D eigenvalue weighted by molar-refractivity contribution is 7.89. The molecule has 2 fully saturated rings. The number of benzene rings is 1. The van der Waals surface area contributed by atoms with Crippen LogP contribution in [0.25, 0.3) is 0 Å². The van der Waals surface area contributed by atoms with Crippen molar-refractivity contribution in [1.82, 2.24) is 4.72 Å². The molecule has 3 rings (SSSR count). The highest BCUT2D eigenvalue weighted by atomic mass is 35.5. The number of nitrogens with one attached hydrogen (secondary N) is 1. The smallest absolute Gasteiger partial charge is 0.308 e. The molecule has 1 aromatic rings. The molecule has 4 unspecified atom stereocenters. The van der Waals surface area contributed by atoms with Crippen molar-refractivity contribution >= 4 is 27.6 Å². The van der Waals surface area contributed by atoms with Crippen LogP contribution in [0.2, 0.25) is 5.02 Å². The maximum absolute atomic E-state index is 12.4. The Labute approximate surface area is 128 Å². The summed E-state index contributed by atoms with van der Waals surface area (Å²) in [5, 5.41) is 9.70. The van der Waals surface area contributed by atoms with Crippen molar-refractivity contribution in [2.24, 2.45) is 17.8 Å². The first-order valence-corrected chi connectivity index (χ1v) is 8.75. The Morgan fingerprint density at radius 2 is 2.00 bits per heavy atom. The van der Waals surface area contributed by atoms with E-state index in [4.69, 9.17) is 11.6 Å². The fraction of sp³-hybridized carbons (Fsp3) is 0.500. The van der Waals surface area contributed by atoms with E-state index < -0.39 is 28.0 Å². The standard InChI is InChI=1S/C14H16ClNO4S/c15-10-2-1-3-11(7-10)21(19,20)16-13-9-5-4-8(6-9)12(13)14(17)18/h1-3,7-9,12-13,16H,4-6H2,(H,17,18). The second-order valence-corrected chi connectivity index (χ2v) is 7.95. The van der Waals surface area contributed by atoms with Crippen LogP contribution >= 0.6 is 11.6 Å². The number of halogens is 1. The molecule has 0 aromatic heterocycles. The van der Waals surface area contributed by atoms with Gasteiger partial charge in [0.2, 0.25) is 10.0 Å². The molecule has 1 aromatic carbocycles. The van der Waals surface area contributed by atoms with Crippen LogP contribution in [0.15, 0.2) is 29.2 Å². The van der Waals surface area contributed by atoms with Crippen molar-refractivity contribution in [3.63, 3.8) is 0 Å². The summed E-state index contributed by atoms with van der Waals surface area (Å²) in [5.74, 6) is -1.34. The van der Waals surface area contributed by atoms with Crippen molar-refractivity contribution in [1.29, 1.82) is 0 Å². The van der Waals surface area contributed by atoms with E-state index in [-0.39, 0.29) is 16.7 Å². The highest BCUT2D eigenvalue weighted by Crippen LogP contribution is 2.49. The second kappa shape index (κ2) is 5.26. The predicted octanol–water partition coefficient (Wildman–Crippen LogP) is 2.12. The number of carboxylic acid groups (broad SMARTS) is 1. The van der Waals surface area contributed by atoms with Gasteiger partial charge in [-0.05, 0) is 49.3 Å². The molecule has 0 aliphatic heterocycles. The summed E-state index contributed by atoms with van der Waals surface area (Å²) in [4.78, 5) is 11.5. The molecule has 2 aliphatic rings. The zero-order chi connectivity index (χ0) is 15.2. The molecule has 0 spiro atoms. The molecule has 114 valence electrons. The Balaban J connectivity index is 1.87. The summed E-state index contributed by atoms with van der Waals surface area (Å²) in [6.07, 6.45) is 2.55. The first-order chi connectivity index (χ1) is 9.88. The van der Waals surface area contributed by atoms with Crippen molar-refractivity contribution in [2.45, 2.75) is 30.2 Å². The van der Waals surface area contributed by atoms with Crippen LogP contribution < -0.4 is 4.72 Å². The van der Waals surface area contributed by atoms with Crippen LogP contribution in [0, 0.1) is 17.8 Å². The summed E-state index contributed by atoms with van der Waals surface area (Å²) < 4.78 is 27.4. The summed E-state index contributed by atoms with van der Waals surface area (Å²) in [7, 11) is -3.75. The fourth-order valence-corrected chi connectivity index (χ4v) is 5.33. The number of carboxylic acids is 1. The number of fused-ring (bicyclic) bond motifs is 2. The lowest BCUT2D eigenvalue weighted by atomic mass is 9.85. The van der Waals surface area contributed by atoms with E-state index in [1.165, 1.54) is 12.1 Å². The van der Waals surface area contributed by atoms with Gasteiger partial charge in [-0.2, -0.15) is 0 Å². The third kappa shape index (κ3) is 2.67. The third-order valence-corrected chi connectivity index (χ3v) is 6.29. The van der Waals surface area contributed by atoms with E-state index in [1.807, 2.05) is 0 Å². The lowest BCUT2D eigenvalue weighted by molar-refractivity contribution is -0.144. The molecule has 2 bridgehead atoms. The summed E-state index contributed by atoms with van der Waals surface area (Å²) in [6, 6.07) is 5.46. The molecule has 7 heteroatoms. The molecular weight excluding hydrogens is 314 g/mol. The van der Waals surface area contributed by atoms with Crippen molar-refractivity contribution in [3.05, 3.63) is 29.3 Å². The van der Waals surface area contributed by atoms with Gasteiger partial charge in [0, 0.05) is 11.1 Å². The van der Waals surface area contributed by atoms with Gasteiger partial charge in [0.15, 0.2) is 0 Å². The number of sulfonamides is 1.